The predicted molar refractivity (Wildman–Crippen MR) is 77.5 cm³/mol. The van der Waals surface area contributed by atoms with Crippen molar-refractivity contribution in [2.24, 2.45) is 5.84 Å². The van der Waals surface area contributed by atoms with Crippen LogP contribution in [0, 0.1) is 0 Å². The summed E-state index contributed by atoms with van der Waals surface area (Å²) in [4.78, 5) is 12.1. The summed E-state index contributed by atoms with van der Waals surface area (Å²) in [5.74, 6) is 5.66. The summed E-state index contributed by atoms with van der Waals surface area (Å²) in [7, 11) is 1.63. The molecule has 0 unspecified atom stereocenters. The summed E-state index contributed by atoms with van der Waals surface area (Å²) in [5.41, 5.74) is 4.02. The second-order valence-electron chi connectivity index (χ2n) is 4.09. The smallest absolute Gasteiger partial charge is 0.275 e. The van der Waals surface area contributed by atoms with E-state index in [1.807, 2.05) is 35.7 Å². The van der Waals surface area contributed by atoms with Crippen LogP contribution in [0.15, 0.2) is 35.7 Å². The first kappa shape index (κ1) is 14.5. The fourth-order valence-electron chi connectivity index (χ4n) is 1.71. The van der Waals surface area contributed by atoms with Gasteiger partial charge < -0.3 is 9.47 Å². The van der Waals surface area contributed by atoms with Gasteiger partial charge in [-0.05, 0) is 29.1 Å². The number of methoxy groups -OCH3 is 1. The number of hydrogen-bond acceptors (Lipinski definition) is 5. The van der Waals surface area contributed by atoms with Gasteiger partial charge in [-0.3, -0.25) is 10.2 Å². The number of hydrogen-bond donors (Lipinski definition) is 2. The highest BCUT2D eigenvalue weighted by molar-refractivity contribution is 7.12. The molecule has 20 heavy (non-hydrogen) atoms. The Morgan fingerprint density at radius 1 is 1.25 bits per heavy atom. The Kier molecular flexibility index (Phi) is 5.11. The normalized spacial score (nSPS) is 10.3. The Morgan fingerprint density at radius 3 is 2.65 bits per heavy atom. The van der Waals surface area contributed by atoms with Gasteiger partial charge in [-0.25, -0.2) is 5.84 Å². The Balaban J connectivity index is 1.89. The lowest BCUT2D eigenvalue weighted by molar-refractivity contribution is 0.0933. The highest BCUT2D eigenvalue weighted by Crippen LogP contribution is 2.18. The molecular weight excluding hydrogens is 276 g/mol. The minimum Gasteiger partial charge on any atom is -0.497 e. The van der Waals surface area contributed by atoms with Crippen molar-refractivity contribution in [1.82, 2.24) is 5.43 Å². The molecule has 0 saturated carbocycles. The Morgan fingerprint density at radius 2 is 2.00 bits per heavy atom. The summed E-state index contributed by atoms with van der Waals surface area (Å²) >= 11 is 1.34. The minimum atomic E-state index is -0.289. The number of benzene rings is 1. The van der Waals surface area contributed by atoms with E-state index in [1.165, 1.54) is 11.3 Å². The van der Waals surface area contributed by atoms with E-state index >= 15 is 0 Å². The summed E-state index contributed by atoms with van der Waals surface area (Å²) in [6.45, 7) is 0.849. The van der Waals surface area contributed by atoms with Crippen molar-refractivity contribution in [1.29, 1.82) is 0 Å². The molecule has 0 atom stereocenters. The van der Waals surface area contributed by atoms with E-state index in [2.05, 4.69) is 5.43 Å². The summed E-state index contributed by atoms with van der Waals surface area (Å²) in [5, 5.41) is 1.84. The van der Waals surface area contributed by atoms with E-state index in [-0.39, 0.29) is 5.91 Å². The van der Waals surface area contributed by atoms with E-state index in [1.54, 1.807) is 7.11 Å². The Bertz CT molecular complexity index is 566. The molecule has 0 aliphatic heterocycles. The lowest BCUT2D eigenvalue weighted by Crippen LogP contribution is -2.30. The number of ether oxygens (including phenoxy) is 2. The first-order chi connectivity index (χ1) is 9.74. The second kappa shape index (κ2) is 7.04. The largest absolute Gasteiger partial charge is 0.497 e. The van der Waals surface area contributed by atoms with Crippen molar-refractivity contribution >= 4 is 17.2 Å². The number of nitrogens with one attached hydrogen (secondary N) is 1. The van der Waals surface area contributed by atoms with E-state index in [9.17, 15) is 4.79 Å². The van der Waals surface area contributed by atoms with Crippen LogP contribution in [-0.2, 0) is 18.0 Å². The van der Waals surface area contributed by atoms with Crippen LogP contribution in [0.4, 0.5) is 0 Å². The van der Waals surface area contributed by atoms with Gasteiger partial charge in [0, 0.05) is 5.56 Å². The summed E-state index contributed by atoms with van der Waals surface area (Å²) in [6, 6.07) is 9.52. The number of thiophene rings is 1. The zero-order chi connectivity index (χ0) is 14.4. The van der Waals surface area contributed by atoms with Gasteiger partial charge in [-0.2, -0.15) is 0 Å². The molecule has 1 heterocycles. The first-order valence-electron chi connectivity index (χ1n) is 6.02. The maximum Gasteiger partial charge on any atom is 0.275 e. The van der Waals surface area contributed by atoms with Gasteiger partial charge in [0.1, 0.15) is 5.75 Å². The van der Waals surface area contributed by atoms with Crippen LogP contribution < -0.4 is 16.0 Å². The van der Waals surface area contributed by atoms with Crippen LogP contribution in [0.5, 0.6) is 5.75 Å². The predicted octanol–water partition coefficient (Wildman–Crippen LogP) is 2.08. The van der Waals surface area contributed by atoms with Crippen LogP contribution in [0.1, 0.15) is 20.8 Å². The SMILES string of the molecule is COc1ccc(COCc2ccsc2C(=O)NN)cc1. The molecule has 5 nitrogen and oxygen atoms in total. The molecule has 2 rings (SSSR count). The van der Waals surface area contributed by atoms with Crippen LogP contribution in [0.2, 0.25) is 0 Å². The van der Waals surface area contributed by atoms with Gasteiger partial charge in [0.25, 0.3) is 5.91 Å². The van der Waals surface area contributed by atoms with Crippen LogP contribution in [0.3, 0.4) is 0 Å². The Hall–Kier alpha value is -1.89. The number of hydrazine groups is 1. The minimum absolute atomic E-state index is 0.289. The van der Waals surface area contributed by atoms with Gasteiger partial charge in [-0.15, -0.1) is 11.3 Å². The van der Waals surface area contributed by atoms with Crippen molar-refractivity contribution in [3.05, 3.63) is 51.7 Å². The third-order valence-electron chi connectivity index (χ3n) is 2.77. The number of nitrogens with two attached hydrogens (primary N) is 1. The average Bonchev–Trinajstić information content (AvgIpc) is 2.95. The molecule has 106 valence electrons. The quantitative estimate of drug-likeness (QED) is 0.485. The molecule has 0 spiro atoms. The molecule has 0 radical (unpaired) electrons. The first-order valence-corrected chi connectivity index (χ1v) is 6.90. The maximum absolute atomic E-state index is 11.5. The molecule has 1 aromatic carbocycles. The molecule has 3 N–H and O–H groups in total. The molecule has 2 aromatic rings. The standard InChI is InChI=1S/C14H16N2O3S/c1-18-12-4-2-10(3-5-12)8-19-9-11-6-7-20-13(11)14(17)16-15/h2-7H,8-9,15H2,1H3,(H,16,17). The molecule has 6 heteroatoms. The van der Waals surface area contributed by atoms with Crippen LogP contribution in [-0.4, -0.2) is 13.0 Å². The average molecular weight is 292 g/mol. The van der Waals surface area contributed by atoms with E-state index in [0.717, 1.165) is 16.9 Å². The van der Waals surface area contributed by atoms with Crippen molar-refractivity contribution in [3.8, 4) is 5.75 Å². The van der Waals surface area contributed by atoms with Gasteiger partial charge in [0.2, 0.25) is 0 Å². The van der Waals surface area contributed by atoms with Crippen LogP contribution in [0.25, 0.3) is 0 Å². The van der Waals surface area contributed by atoms with Crippen molar-refractivity contribution in [3.63, 3.8) is 0 Å². The molecular formula is C14H16N2O3S. The number of amides is 1. The highest BCUT2D eigenvalue weighted by atomic mass is 32.1. The zero-order valence-electron chi connectivity index (χ0n) is 11.1. The molecule has 1 aromatic heterocycles. The number of carbonyl (C=O) groups excluding carboxylic acids is 1. The van der Waals surface area contributed by atoms with E-state index in [4.69, 9.17) is 15.3 Å². The van der Waals surface area contributed by atoms with Crippen LogP contribution >= 0.6 is 11.3 Å². The second-order valence-corrected chi connectivity index (χ2v) is 5.01. The summed E-state index contributed by atoms with van der Waals surface area (Å²) in [6.07, 6.45) is 0. The van der Waals surface area contributed by atoms with Crippen molar-refractivity contribution in [2.75, 3.05) is 7.11 Å². The fraction of sp³-hybridized carbons (Fsp3) is 0.214. The van der Waals surface area contributed by atoms with Gasteiger partial charge >= 0.3 is 0 Å². The lowest BCUT2D eigenvalue weighted by atomic mass is 10.2. The molecule has 0 aliphatic carbocycles. The summed E-state index contributed by atoms with van der Waals surface area (Å²) < 4.78 is 10.7. The number of carbonyl (C=O) groups is 1. The number of nitrogen functional groups attached to an aromatic ring is 1. The fourth-order valence-corrected chi connectivity index (χ4v) is 2.53. The lowest BCUT2D eigenvalue weighted by Gasteiger charge is -2.06. The zero-order valence-corrected chi connectivity index (χ0v) is 11.9. The monoisotopic (exact) mass is 292 g/mol. The van der Waals surface area contributed by atoms with Crippen molar-refractivity contribution in [2.45, 2.75) is 13.2 Å². The molecule has 0 aliphatic rings. The third kappa shape index (κ3) is 3.57. The number of rotatable bonds is 6. The Labute approximate surface area is 121 Å². The topological polar surface area (TPSA) is 73.6 Å². The third-order valence-corrected chi connectivity index (χ3v) is 3.72. The highest BCUT2D eigenvalue weighted by Gasteiger charge is 2.11. The van der Waals surface area contributed by atoms with Crippen molar-refractivity contribution < 1.29 is 14.3 Å². The molecule has 0 saturated heterocycles. The van der Waals surface area contributed by atoms with Gasteiger partial charge in [0.05, 0.1) is 25.2 Å². The van der Waals surface area contributed by atoms with E-state index < -0.39 is 0 Å². The molecule has 0 bridgehead atoms. The molecule has 0 fully saturated rings. The molecule has 1 amide bonds. The maximum atomic E-state index is 11.5. The van der Waals surface area contributed by atoms with Gasteiger partial charge in [-0.1, -0.05) is 12.1 Å². The van der Waals surface area contributed by atoms with E-state index in [0.29, 0.717) is 18.1 Å². The van der Waals surface area contributed by atoms with Gasteiger partial charge in [0.15, 0.2) is 0 Å².